The van der Waals surface area contributed by atoms with E-state index in [4.69, 9.17) is 4.98 Å². The number of nitrogens with zero attached hydrogens (tertiary/aromatic N) is 3. The van der Waals surface area contributed by atoms with E-state index in [1.54, 1.807) is 0 Å². The molecule has 0 amide bonds. The van der Waals surface area contributed by atoms with Crippen LogP contribution in [0, 0.1) is 41.5 Å². The largest absolute Gasteiger partial charge is 2.00 e. The van der Waals surface area contributed by atoms with E-state index in [0.29, 0.717) is 6.04 Å². The minimum Gasteiger partial charge on any atom is -0.327 e. The molecule has 1 atom stereocenters. The fourth-order valence-corrected chi connectivity index (χ4v) is 6.67. The molecule has 0 saturated heterocycles. The summed E-state index contributed by atoms with van der Waals surface area (Å²) in [6.45, 7) is 17.8. The smallest absolute Gasteiger partial charge is 0.327 e. The van der Waals surface area contributed by atoms with Gasteiger partial charge >= 0.3 is 21.1 Å². The monoisotopic (exact) mass is 779 g/mol. The summed E-state index contributed by atoms with van der Waals surface area (Å²) in [5.41, 5.74) is 16.7. The normalized spacial score (nSPS) is 11.9. The molecule has 0 aliphatic carbocycles. The van der Waals surface area contributed by atoms with E-state index < -0.39 is 0 Å². The molecule has 0 bridgehead atoms. The molecule has 0 saturated carbocycles. The Morgan fingerprint density at radius 2 is 1.36 bits per heavy atom. The van der Waals surface area contributed by atoms with Crippen LogP contribution in [0.2, 0.25) is 0 Å². The van der Waals surface area contributed by atoms with Crippen molar-refractivity contribution in [3.8, 4) is 11.4 Å². The number of aliphatic imine (C=N–C) groups is 1. The third-order valence-corrected chi connectivity index (χ3v) is 8.79. The summed E-state index contributed by atoms with van der Waals surface area (Å²) in [6.07, 6.45) is 1.05. The van der Waals surface area contributed by atoms with Gasteiger partial charge in [0.25, 0.3) is 0 Å². The first-order valence-corrected chi connectivity index (χ1v) is 15.7. The van der Waals surface area contributed by atoms with Crippen molar-refractivity contribution in [1.82, 2.24) is 14.9 Å². The summed E-state index contributed by atoms with van der Waals surface area (Å²) in [5, 5.41) is 3.15. The molecule has 0 aliphatic rings. The van der Waals surface area contributed by atoms with Crippen LogP contribution in [0.4, 0.5) is 0 Å². The molecule has 1 unspecified atom stereocenters. The number of nitrogens with one attached hydrogen (secondary N) is 1. The maximum atomic E-state index is 4.98. The van der Waals surface area contributed by atoms with Gasteiger partial charge in [-0.1, -0.05) is 110 Å². The molecule has 0 aliphatic heterocycles. The molecule has 45 heavy (non-hydrogen) atoms. The van der Waals surface area contributed by atoms with Gasteiger partial charge in [0.15, 0.2) is 0 Å². The van der Waals surface area contributed by atoms with Gasteiger partial charge in [0.1, 0.15) is 5.82 Å². The third-order valence-electron chi connectivity index (χ3n) is 8.79. The van der Waals surface area contributed by atoms with E-state index in [9.17, 15) is 0 Å². The predicted octanol–water partition coefficient (Wildman–Crippen LogP) is 6.68. The average molecular weight is 780 g/mol. The van der Waals surface area contributed by atoms with E-state index in [-0.39, 0.29) is 27.8 Å². The van der Waals surface area contributed by atoms with Crippen molar-refractivity contribution in [2.75, 3.05) is 14.1 Å². The first-order valence-electron chi connectivity index (χ1n) is 15.7. The number of fused-ring (bicyclic) bond motifs is 1. The SMILES string of the molecule is CN=C(C)CC(C)NC.Cc1cc(C)c(B(c2cccc(-c3nc4ccccc4n3C)c2)c2c(C)cc(C)cc2C)c(C)c1.[Pt+2]. The van der Waals surface area contributed by atoms with Crippen molar-refractivity contribution in [1.29, 1.82) is 0 Å². The Kier molecular flexibility index (Phi) is 12.7. The van der Waals surface area contributed by atoms with Gasteiger partial charge in [-0.3, -0.25) is 4.99 Å². The topological polar surface area (TPSA) is 42.2 Å². The van der Waals surface area contributed by atoms with Crippen LogP contribution in [0.5, 0.6) is 0 Å². The molecule has 4 nitrogen and oxygen atoms in total. The van der Waals surface area contributed by atoms with Gasteiger partial charge in [0.2, 0.25) is 6.71 Å². The molecular formula is C39H49BN4Pt+2. The number of para-hydroxylation sites is 2. The Morgan fingerprint density at radius 3 is 1.84 bits per heavy atom. The van der Waals surface area contributed by atoms with Gasteiger partial charge in [0.05, 0.1) is 11.0 Å². The van der Waals surface area contributed by atoms with Crippen LogP contribution in [0.1, 0.15) is 53.6 Å². The molecule has 0 radical (unpaired) electrons. The molecule has 4 aromatic carbocycles. The predicted molar refractivity (Wildman–Crippen MR) is 194 cm³/mol. The van der Waals surface area contributed by atoms with E-state index in [1.807, 2.05) is 21.0 Å². The fraction of sp³-hybridized carbons (Fsp3) is 0.333. The number of rotatable bonds is 7. The molecular weight excluding hydrogens is 730 g/mol. The van der Waals surface area contributed by atoms with Gasteiger partial charge in [0, 0.05) is 37.8 Å². The fourth-order valence-electron chi connectivity index (χ4n) is 6.67. The molecule has 5 rings (SSSR count). The number of imidazole rings is 1. The Labute approximate surface area is 286 Å². The molecule has 1 aromatic heterocycles. The molecule has 6 heteroatoms. The summed E-state index contributed by atoms with van der Waals surface area (Å²) in [4.78, 5) is 9.04. The number of aromatic nitrogens is 2. The zero-order valence-corrected chi connectivity index (χ0v) is 31.2. The third kappa shape index (κ3) is 8.31. The summed E-state index contributed by atoms with van der Waals surface area (Å²) in [7, 11) is 5.91. The van der Waals surface area contributed by atoms with Gasteiger partial charge in [-0.25, -0.2) is 4.98 Å². The molecule has 0 fully saturated rings. The first-order chi connectivity index (χ1) is 20.9. The van der Waals surface area contributed by atoms with Crippen LogP contribution in [0.15, 0.2) is 77.8 Å². The molecule has 0 spiro atoms. The second-order valence-corrected chi connectivity index (χ2v) is 12.5. The quantitative estimate of drug-likeness (QED) is 0.148. The van der Waals surface area contributed by atoms with Crippen molar-refractivity contribution in [3.05, 3.63) is 106 Å². The number of benzene rings is 4. The van der Waals surface area contributed by atoms with E-state index in [2.05, 4.69) is 143 Å². The van der Waals surface area contributed by atoms with Crippen molar-refractivity contribution in [2.45, 2.75) is 67.9 Å². The Hall–Kier alpha value is -3.27. The van der Waals surface area contributed by atoms with Gasteiger partial charge in [-0.15, -0.1) is 0 Å². The standard InChI is InChI=1S/C32H33BN2.C7H16N2.Pt/c1-20-15-22(3)30(23(4)16-20)33(31-24(5)17-21(2)18-25(31)6)27-12-10-11-26(19-27)32-34-28-13-8-9-14-29(28)35(32)7;1-6(8-3)5-7(2)9-4;/h8-19H,1-7H3;6,8H,5H2,1-4H3;/q;;+2. The molecule has 1 N–H and O–H groups in total. The maximum absolute atomic E-state index is 4.98. The van der Waals surface area contributed by atoms with E-state index in [0.717, 1.165) is 28.8 Å². The average Bonchev–Trinajstić information content (AvgIpc) is 3.32. The first kappa shape index (κ1) is 36.2. The summed E-state index contributed by atoms with van der Waals surface area (Å²) < 4.78 is 2.20. The molecule has 236 valence electrons. The van der Waals surface area contributed by atoms with Crippen molar-refractivity contribution < 1.29 is 21.1 Å². The minimum absolute atomic E-state index is 0. The van der Waals surface area contributed by atoms with Crippen molar-refractivity contribution >= 4 is 39.8 Å². The van der Waals surface area contributed by atoms with Crippen LogP contribution in [-0.4, -0.2) is 42.1 Å². The van der Waals surface area contributed by atoms with Crippen molar-refractivity contribution in [2.24, 2.45) is 12.0 Å². The van der Waals surface area contributed by atoms with Crippen LogP contribution in [0.25, 0.3) is 22.4 Å². The van der Waals surface area contributed by atoms with E-state index in [1.165, 1.54) is 55.5 Å². The van der Waals surface area contributed by atoms with Crippen molar-refractivity contribution in [3.63, 3.8) is 0 Å². The van der Waals surface area contributed by atoms with Gasteiger partial charge < -0.3 is 9.88 Å². The number of hydrogen-bond donors (Lipinski definition) is 1. The van der Waals surface area contributed by atoms with Crippen LogP contribution < -0.4 is 21.7 Å². The summed E-state index contributed by atoms with van der Waals surface area (Å²) >= 11 is 0. The number of aryl methyl sites for hydroxylation is 7. The van der Waals surface area contributed by atoms with Gasteiger partial charge in [-0.2, -0.15) is 0 Å². The zero-order chi connectivity index (χ0) is 32.1. The summed E-state index contributed by atoms with van der Waals surface area (Å²) in [5.74, 6) is 1.00. The second kappa shape index (κ2) is 15.8. The Balaban J connectivity index is 0.000000484. The number of hydrogen-bond acceptors (Lipinski definition) is 3. The zero-order valence-electron chi connectivity index (χ0n) is 28.9. The van der Waals surface area contributed by atoms with Crippen LogP contribution in [-0.2, 0) is 28.1 Å². The Morgan fingerprint density at radius 1 is 0.822 bits per heavy atom. The second-order valence-electron chi connectivity index (χ2n) is 12.5. The van der Waals surface area contributed by atoms with Crippen LogP contribution in [0.3, 0.4) is 0 Å². The van der Waals surface area contributed by atoms with E-state index >= 15 is 0 Å². The molecule has 5 aromatic rings. The summed E-state index contributed by atoms with van der Waals surface area (Å²) in [6, 6.07) is 27.2. The minimum atomic E-state index is 0. The maximum Gasteiger partial charge on any atom is 2.00 e. The van der Waals surface area contributed by atoms with Crippen LogP contribution >= 0.6 is 0 Å². The Bertz CT molecular complexity index is 1700. The molecule has 1 heterocycles. The van der Waals surface area contributed by atoms with Gasteiger partial charge in [-0.05, 0) is 74.6 Å².